The molecule has 2 rings (SSSR count). The minimum atomic E-state index is -0.278. The minimum absolute atomic E-state index is 0.274. The number of hydrogen-bond acceptors (Lipinski definition) is 3. The number of carbonyl (C=O) groups excluding carboxylic acids is 1. The van der Waals surface area contributed by atoms with E-state index in [1.165, 1.54) is 6.92 Å². The Hall–Kier alpha value is -1.84. The number of ether oxygens (including phenoxy) is 1. The molecule has 0 N–H and O–H groups in total. The van der Waals surface area contributed by atoms with Gasteiger partial charge in [0, 0.05) is 30.6 Å². The zero-order chi connectivity index (χ0) is 10.8. The van der Waals surface area contributed by atoms with Crippen LogP contribution in [0.5, 0.6) is 0 Å². The summed E-state index contributed by atoms with van der Waals surface area (Å²) < 4.78 is 6.92. The van der Waals surface area contributed by atoms with E-state index in [-0.39, 0.29) is 12.6 Å². The van der Waals surface area contributed by atoms with E-state index in [2.05, 4.69) is 4.98 Å². The normalized spacial score (nSPS) is 10.5. The van der Waals surface area contributed by atoms with Crippen LogP contribution in [0.3, 0.4) is 0 Å². The molecule has 15 heavy (non-hydrogen) atoms. The Balaban J connectivity index is 2.38. The Labute approximate surface area is 87.5 Å². The van der Waals surface area contributed by atoms with Crippen LogP contribution in [-0.2, 0) is 16.1 Å². The number of fused-ring (bicyclic) bond motifs is 1. The van der Waals surface area contributed by atoms with Crippen molar-refractivity contribution in [3.63, 3.8) is 0 Å². The summed E-state index contributed by atoms with van der Waals surface area (Å²) in [7, 11) is 0. The molecule has 0 radical (unpaired) electrons. The van der Waals surface area contributed by atoms with E-state index in [1.807, 2.05) is 29.7 Å². The van der Waals surface area contributed by atoms with Crippen molar-refractivity contribution in [1.29, 1.82) is 0 Å². The third-order valence-electron chi connectivity index (χ3n) is 2.23. The molecular formula is C11H12N2O2. The Morgan fingerprint density at radius 3 is 3.13 bits per heavy atom. The van der Waals surface area contributed by atoms with Gasteiger partial charge in [0.05, 0.1) is 0 Å². The molecule has 0 aliphatic rings. The molecule has 0 atom stereocenters. The third-order valence-corrected chi connectivity index (χ3v) is 2.23. The molecular weight excluding hydrogens is 192 g/mol. The summed E-state index contributed by atoms with van der Waals surface area (Å²) >= 11 is 0. The van der Waals surface area contributed by atoms with Crippen molar-refractivity contribution in [2.45, 2.75) is 20.5 Å². The van der Waals surface area contributed by atoms with Gasteiger partial charge in [-0.3, -0.25) is 4.79 Å². The molecule has 78 valence electrons. The molecule has 0 saturated heterocycles. The second-order valence-electron chi connectivity index (χ2n) is 3.41. The van der Waals surface area contributed by atoms with Crippen LogP contribution in [0.2, 0.25) is 0 Å². The molecule has 0 fully saturated rings. The fourth-order valence-electron chi connectivity index (χ4n) is 1.48. The molecule has 0 amide bonds. The fraction of sp³-hybridized carbons (Fsp3) is 0.273. The van der Waals surface area contributed by atoms with Gasteiger partial charge < -0.3 is 9.14 Å². The second kappa shape index (κ2) is 3.73. The number of imidazole rings is 1. The lowest BCUT2D eigenvalue weighted by Gasteiger charge is -2.04. The lowest BCUT2D eigenvalue weighted by atomic mass is 10.3. The first-order chi connectivity index (χ1) is 7.18. The maximum absolute atomic E-state index is 10.7. The molecule has 0 aliphatic carbocycles. The molecule has 0 unspecified atom stereocenters. The maximum atomic E-state index is 10.7. The summed E-state index contributed by atoms with van der Waals surface area (Å²) in [5, 5.41) is 0. The number of aryl methyl sites for hydroxylation is 1. The summed E-state index contributed by atoms with van der Waals surface area (Å²) in [5.74, 6) is -0.278. The van der Waals surface area contributed by atoms with E-state index in [0.717, 1.165) is 16.9 Å². The Bertz CT molecular complexity index is 502. The SMILES string of the molecule is CC(=O)OCc1cccn2c(C)cnc12. The van der Waals surface area contributed by atoms with Gasteiger partial charge in [0.2, 0.25) is 0 Å². The number of nitrogens with zero attached hydrogens (tertiary/aromatic N) is 2. The van der Waals surface area contributed by atoms with E-state index >= 15 is 0 Å². The number of esters is 1. The molecule has 0 spiro atoms. The van der Waals surface area contributed by atoms with Gasteiger partial charge in [0.15, 0.2) is 0 Å². The average molecular weight is 204 g/mol. The van der Waals surface area contributed by atoms with E-state index in [9.17, 15) is 4.79 Å². The van der Waals surface area contributed by atoms with Crippen molar-refractivity contribution in [2.75, 3.05) is 0 Å². The van der Waals surface area contributed by atoms with Gasteiger partial charge in [0.1, 0.15) is 12.3 Å². The predicted molar refractivity (Wildman–Crippen MR) is 55.4 cm³/mol. The molecule has 0 saturated carbocycles. The Kier molecular flexibility index (Phi) is 2.41. The highest BCUT2D eigenvalue weighted by Crippen LogP contribution is 2.12. The van der Waals surface area contributed by atoms with Crippen molar-refractivity contribution >= 4 is 11.6 Å². The van der Waals surface area contributed by atoms with Gasteiger partial charge in [-0.2, -0.15) is 0 Å². The number of rotatable bonds is 2. The van der Waals surface area contributed by atoms with Gasteiger partial charge in [-0.1, -0.05) is 6.07 Å². The molecule has 0 aromatic carbocycles. The number of aromatic nitrogens is 2. The monoisotopic (exact) mass is 204 g/mol. The quantitative estimate of drug-likeness (QED) is 0.699. The third kappa shape index (κ3) is 1.83. The van der Waals surface area contributed by atoms with Gasteiger partial charge in [-0.15, -0.1) is 0 Å². The fourth-order valence-corrected chi connectivity index (χ4v) is 1.48. The first kappa shape index (κ1) is 9.71. The van der Waals surface area contributed by atoms with Gasteiger partial charge >= 0.3 is 5.97 Å². The van der Waals surface area contributed by atoms with E-state index in [0.29, 0.717) is 0 Å². The van der Waals surface area contributed by atoms with Crippen molar-refractivity contribution in [1.82, 2.24) is 9.38 Å². The van der Waals surface area contributed by atoms with Crippen LogP contribution in [-0.4, -0.2) is 15.4 Å². The van der Waals surface area contributed by atoms with Crippen molar-refractivity contribution in [3.8, 4) is 0 Å². The summed E-state index contributed by atoms with van der Waals surface area (Å²) in [6.07, 6.45) is 3.74. The van der Waals surface area contributed by atoms with Crippen LogP contribution in [0.15, 0.2) is 24.5 Å². The number of pyridine rings is 1. The highest BCUT2D eigenvalue weighted by atomic mass is 16.5. The Morgan fingerprint density at radius 2 is 2.40 bits per heavy atom. The summed E-state index contributed by atoms with van der Waals surface area (Å²) in [6, 6.07) is 3.82. The summed E-state index contributed by atoms with van der Waals surface area (Å²) in [4.78, 5) is 15.0. The van der Waals surface area contributed by atoms with Gasteiger partial charge in [0.25, 0.3) is 0 Å². The van der Waals surface area contributed by atoms with E-state index in [1.54, 1.807) is 6.20 Å². The maximum Gasteiger partial charge on any atom is 0.302 e. The van der Waals surface area contributed by atoms with Crippen LogP contribution >= 0.6 is 0 Å². The van der Waals surface area contributed by atoms with Crippen LogP contribution in [0.4, 0.5) is 0 Å². The van der Waals surface area contributed by atoms with Crippen LogP contribution in [0, 0.1) is 6.92 Å². The zero-order valence-corrected chi connectivity index (χ0v) is 8.73. The molecule has 2 aromatic rings. The second-order valence-corrected chi connectivity index (χ2v) is 3.41. The smallest absolute Gasteiger partial charge is 0.302 e. The van der Waals surface area contributed by atoms with Crippen molar-refractivity contribution in [3.05, 3.63) is 35.8 Å². The van der Waals surface area contributed by atoms with Gasteiger partial charge in [-0.05, 0) is 13.0 Å². The minimum Gasteiger partial charge on any atom is -0.461 e. The van der Waals surface area contributed by atoms with Crippen molar-refractivity contribution < 1.29 is 9.53 Å². The number of hydrogen-bond donors (Lipinski definition) is 0. The van der Waals surface area contributed by atoms with Crippen molar-refractivity contribution in [2.24, 2.45) is 0 Å². The molecule has 4 nitrogen and oxygen atoms in total. The first-order valence-corrected chi connectivity index (χ1v) is 4.73. The first-order valence-electron chi connectivity index (χ1n) is 4.73. The Morgan fingerprint density at radius 1 is 1.60 bits per heavy atom. The highest BCUT2D eigenvalue weighted by molar-refractivity contribution is 5.66. The standard InChI is InChI=1S/C11H12N2O2/c1-8-6-12-11-10(7-15-9(2)14)4-3-5-13(8)11/h3-6H,7H2,1-2H3. The largest absolute Gasteiger partial charge is 0.461 e. The highest BCUT2D eigenvalue weighted by Gasteiger charge is 2.05. The molecule has 0 bridgehead atoms. The summed E-state index contributed by atoms with van der Waals surface area (Å²) in [5.41, 5.74) is 2.83. The average Bonchev–Trinajstić information content (AvgIpc) is 2.58. The lowest BCUT2D eigenvalue weighted by molar-refractivity contribution is -0.142. The lowest BCUT2D eigenvalue weighted by Crippen LogP contribution is -2.01. The van der Waals surface area contributed by atoms with Gasteiger partial charge in [-0.25, -0.2) is 4.98 Å². The molecule has 2 aromatic heterocycles. The molecule has 4 heteroatoms. The van der Waals surface area contributed by atoms with Crippen LogP contribution in [0.1, 0.15) is 18.2 Å². The summed E-state index contributed by atoms with van der Waals surface area (Å²) in [6.45, 7) is 3.66. The van der Waals surface area contributed by atoms with E-state index in [4.69, 9.17) is 4.74 Å². The molecule has 0 aliphatic heterocycles. The number of carbonyl (C=O) groups is 1. The predicted octanol–water partition coefficient (Wildman–Crippen LogP) is 1.71. The topological polar surface area (TPSA) is 43.6 Å². The van der Waals surface area contributed by atoms with Crippen LogP contribution < -0.4 is 0 Å². The van der Waals surface area contributed by atoms with E-state index < -0.39 is 0 Å². The zero-order valence-electron chi connectivity index (χ0n) is 8.73. The molecule has 2 heterocycles. The van der Waals surface area contributed by atoms with Crippen LogP contribution in [0.25, 0.3) is 5.65 Å².